The summed E-state index contributed by atoms with van der Waals surface area (Å²) in [5.74, 6) is 0.365. The molecule has 4 heteroatoms. The Morgan fingerprint density at radius 3 is 2.94 bits per heavy atom. The second kappa shape index (κ2) is 4.95. The third-order valence-electron chi connectivity index (χ3n) is 3.77. The zero-order valence-electron chi connectivity index (χ0n) is 9.70. The highest BCUT2D eigenvalue weighted by atomic mass is 16.5. The minimum atomic E-state index is -0.313. The SMILES string of the molecule is COC(=O)C[C@H]1N[C@H]2CCCC[C@@H]2CC1=O. The molecule has 0 spiro atoms. The van der Waals surface area contributed by atoms with E-state index in [4.69, 9.17) is 0 Å². The number of nitrogens with one attached hydrogen (secondary N) is 1. The van der Waals surface area contributed by atoms with E-state index >= 15 is 0 Å². The smallest absolute Gasteiger partial charge is 0.307 e. The summed E-state index contributed by atoms with van der Waals surface area (Å²) in [6.07, 6.45) is 5.56. The van der Waals surface area contributed by atoms with Crippen LogP contribution in [0.15, 0.2) is 0 Å². The van der Waals surface area contributed by atoms with Crippen molar-refractivity contribution in [2.24, 2.45) is 5.92 Å². The molecule has 1 aliphatic carbocycles. The van der Waals surface area contributed by atoms with Gasteiger partial charge in [0.05, 0.1) is 19.6 Å². The number of esters is 1. The summed E-state index contributed by atoms with van der Waals surface area (Å²) in [7, 11) is 1.36. The van der Waals surface area contributed by atoms with Crippen LogP contribution in [0.25, 0.3) is 0 Å². The summed E-state index contributed by atoms with van der Waals surface area (Å²) in [6.45, 7) is 0. The van der Waals surface area contributed by atoms with E-state index in [0.717, 1.165) is 12.8 Å². The first-order valence-electron chi connectivity index (χ1n) is 6.06. The summed E-state index contributed by atoms with van der Waals surface area (Å²) < 4.78 is 4.61. The Balaban J connectivity index is 1.95. The molecule has 0 unspecified atom stereocenters. The van der Waals surface area contributed by atoms with Gasteiger partial charge in [0.15, 0.2) is 5.78 Å². The molecule has 0 radical (unpaired) electrons. The second-order valence-corrected chi connectivity index (χ2v) is 4.82. The van der Waals surface area contributed by atoms with Crippen molar-refractivity contribution in [1.29, 1.82) is 0 Å². The Kier molecular flexibility index (Phi) is 3.59. The molecule has 0 aromatic carbocycles. The number of methoxy groups -OCH3 is 1. The fourth-order valence-corrected chi connectivity index (χ4v) is 2.85. The Labute approximate surface area is 95.7 Å². The van der Waals surface area contributed by atoms with Crippen molar-refractivity contribution in [3.05, 3.63) is 0 Å². The molecule has 1 heterocycles. The van der Waals surface area contributed by atoms with Crippen LogP contribution in [0.5, 0.6) is 0 Å². The standard InChI is InChI=1S/C12H19NO3/c1-16-12(15)7-10-11(14)6-8-4-2-3-5-9(8)13-10/h8-10,13H,2-7H2,1H3/t8-,9+,10-/m1/s1. The molecule has 4 nitrogen and oxygen atoms in total. The van der Waals surface area contributed by atoms with Gasteiger partial charge in [-0.05, 0) is 18.8 Å². The van der Waals surface area contributed by atoms with Crippen molar-refractivity contribution in [3.8, 4) is 0 Å². The third kappa shape index (κ3) is 2.43. The fourth-order valence-electron chi connectivity index (χ4n) is 2.85. The fraction of sp³-hybridized carbons (Fsp3) is 0.833. The van der Waals surface area contributed by atoms with Gasteiger partial charge < -0.3 is 10.1 Å². The molecule has 1 N–H and O–H groups in total. The maximum absolute atomic E-state index is 11.8. The Morgan fingerprint density at radius 1 is 1.44 bits per heavy atom. The molecule has 0 amide bonds. The monoisotopic (exact) mass is 225 g/mol. The number of rotatable bonds is 2. The van der Waals surface area contributed by atoms with Gasteiger partial charge in [0, 0.05) is 12.5 Å². The molecule has 2 aliphatic rings. The number of hydrogen-bond acceptors (Lipinski definition) is 4. The average Bonchev–Trinajstić information content (AvgIpc) is 2.30. The van der Waals surface area contributed by atoms with E-state index in [1.54, 1.807) is 0 Å². The first-order valence-corrected chi connectivity index (χ1v) is 6.06. The number of carbonyl (C=O) groups is 2. The molecule has 1 saturated heterocycles. The van der Waals surface area contributed by atoms with Crippen LogP contribution in [-0.4, -0.2) is 30.9 Å². The largest absolute Gasteiger partial charge is 0.469 e. The zero-order valence-corrected chi connectivity index (χ0v) is 9.70. The van der Waals surface area contributed by atoms with Gasteiger partial charge in [-0.1, -0.05) is 12.8 Å². The van der Waals surface area contributed by atoms with E-state index in [2.05, 4.69) is 10.1 Å². The van der Waals surface area contributed by atoms with Crippen molar-refractivity contribution in [1.82, 2.24) is 5.32 Å². The molecule has 2 fully saturated rings. The van der Waals surface area contributed by atoms with Crippen LogP contribution in [0.4, 0.5) is 0 Å². The summed E-state index contributed by atoms with van der Waals surface area (Å²) in [6, 6.07) is 0.118. The summed E-state index contributed by atoms with van der Waals surface area (Å²) in [4.78, 5) is 23.0. The Morgan fingerprint density at radius 2 is 2.19 bits per heavy atom. The van der Waals surface area contributed by atoms with Crippen molar-refractivity contribution in [2.45, 2.75) is 50.6 Å². The number of carbonyl (C=O) groups excluding carboxylic acids is 2. The van der Waals surface area contributed by atoms with Gasteiger partial charge in [-0.25, -0.2) is 0 Å². The van der Waals surface area contributed by atoms with Crippen molar-refractivity contribution >= 4 is 11.8 Å². The molecular weight excluding hydrogens is 206 g/mol. The van der Waals surface area contributed by atoms with E-state index in [0.29, 0.717) is 18.4 Å². The lowest BCUT2D eigenvalue weighted by atomic mass is 9.77. The predicted octanol–water partition coefficient (Wildman–Crippen LogP) is 1.04. The highest BCUT2D eigenvalue weighted by Gasteiger charge is 2.37. The van der Waals surface area contributed by atoms with Gasteiger partial charge in [0.1, 0.15) is 0 Å². The summed E-state index contributed by atoms with van der Waals surface area (Å²) in [5.41, 5.74) is 0. The average molecular weight is 225 g/mol. The molecular formula is C12H19NO3. The zero-order chi connectivity index (χ0) is 11.5. The van der Waals surface area contributed by atoms with Crippen LogP contribution in [-0.2, 0) is 14.3 Å². The van der Waals surface area contributed by atoms with E-state index in [1.807, 2.05) is 0 Å². The molecule has 16 heavy (non-hydrogen) atoms. The van der Waals surface area contributed by atoms with E-state index in [1.165, 1.54) is 20.0 Å². The molecule has 0 aromatic heterocycles. The molecule has 2 rings (SSSR count). The lowest BCUT2D eigenvalue weighted by molar-refractivity contribution is -0.143. The van der Waals surface area contributed by atoms with Crippen LogP contribution in [0, 0.1) is 5.92 Å². The van der Waals surface area contributed by atoms with Gasteiger partial charge in [-0.3, -0.25) is 9.59 Å². The number of hydrogen-bond donors (Lipinski definition) is 1. The van der Waals surface area contributed by atoms with Crippen molar-refractivity contribution < 1.29 is 14.3 Å². The van der Waals surface area contributed by atoms with Crippen molar-refractivity contribution in [2.75, 3.05) is 7.11 Å². The van der Waals surface area contributed by atoms with Gasteiger partial charge >= 0.3 is 5.97 Å². The predicted molar refractivity (Wildman–Crippen MR) is 58.9 cm³/mol. The van der Waals surface area contributed by atoms with Crippen LogP contribution in [0.3, 0.4) is 0 Å². The molecule has 3 atom stereocenters. The highest BCUT2D eigenvalue weighted by Crippen LogP contribution is 2.31. The normalized spacial score (nSPS) is 34.3. The quantitative estimate of drug-likeness (QED) is 0.713. The first-order chi connectivity index (χ1) is 7.70. The number of piperidine rings is 1. The van der Waals surface area contributed by atoms with Gasteiger partial charge in [0.2, 0.25) is 0 Å². The van der Waals surface area contributed by atoms with E-state index in [9.17, 15) is 9.59 Å². The maximum atomic E-state index is 11.8. The van der Waals surface area contributed by atoms with E-state index < -0.39 is 0 Å². The summed E-state index contributed by atoms with van der Waals surface area (Å²) in [5, 5.41) is 3.32. The maximum Gasteiger partial charge on any atom is 0.307 e. The van der Waals surface area contributed by atoms with E-state index in [-0.39, 0.29) is 24.2 Å². The van der Waals surface area contributed by atoms with Gasteiger partial charge in [0.25, 0.3) is 0 Å². The molecule has 0 bridgehead atoms. The molecule has 1 saturated carbocycles. The van der Waals surface area contributed by atoms with Crippen LogP contribution in [0.1, 0.15) is 38.5 Å². The summed E-state index contributed by atoms with van der Waals surface area (Å²) >= 11 is 0. The number of fused-ring (bicyclic) bond motifs is 1. The number of Topliss-reactive ketones (excluding diaryl/α,β-unsaturated/α-hetero) is 1. The number of ketones is 1. The van der Waals surface area contributed by atoms with Gasteiger partial charge in [-0.2, -0.15) is 0 Å². The van der Waals surface area contributed by atoms with Crippen LogP contribution in [0.2, 0.25) is 0 Å². The second-order valence-electron chi connectivity index (χ2n) is 4.82. The first kappa shape index (κ1) is 11.6. The Hall–Kier alpha value is -0.900. The topological polar surface area (TPSA) is 55.4 Å². The highest BCUT2D eigenvalue weighted by molar-refractivity contribution is 5.89. The number of ether oxygens (including phenoxy) is 1. The minimum absolute atomic E-state index is 0.175. The molecule has 0 aromatic rings. The van der Waals surface area contributed by atoms with Crippen LogP contribution >= 0.6 is 0 Å². The Bertz CT molecular complexity index is 290. The lowest BCUT2D eigenvalue weighted by Gasteiger charge is -2.39. The third-order valence-corrected chi connectivity index (χ3v) is 3.77. The molecule has 1 aliphatic heterocycles. The lowest BCUT2D eigenvalue weighted by Crippen LogP contribution is -2.54. The minimum Gasteiger partial charge on any atom is -0.469 e. The van der Waals surface area contributed by atoms with Crippen molar-refractivity contribution in [3.63, 3.8) is 0 Å². The van der Waals surface area contributed by atoms with Gasteiger partial charge in [-0.15, -0.1) is 0 Å². The molecule has 90 valence electrons. The van der Waals surface area contributed by atoms with Crippen LogP contribution < -0.4 is 5.32 Å².